The molecule has 0 fully saturated rings. The SMILES string of the molecule is COC(=O)Nc1ccc(N(S)C(=O)Nc2cc(Cl)c(OC)cc2OC)cc1. The Kier molecular flexibility index (Phi) is 7.03. The maximum absolute atomic E-state index is 12.5. The molecule has 2 N–H and O–H groups in total. The summed E-state index contributed by atoms with van der Waals surface area (Å²) in [6.45, 7) is 0. The lowest BCUT2D eigenvalue weighted by atomic mass is 10.2. The fourth-order valence-electron chi connectivity index (χ4n) is 2.10. The van der Waals surface area contributed by atoms with Gasteiger partial charge in [0, 0.05) is 11.8 Å². The van der Waals surface area contributed by atoms with Crippen LogP contribution in [-0.4, -0.2) is 33.5 Å². The molecule has 0 aliphatic rings. The molecule has 0 spiro atoms. The summed E-state index contributed by atoms with van der Waals surface area (Å²) in [4.78, 5) is 23.7. The quantitative estimate of drug-likeness (QED) is 0.634. The molecule has 27 heavy (non-hydrogen) atoms. The van der Waals surface area contributed by atoms with Crippen molar-refractivity contribution in [1.29, 1.82) is 0 Å². The maximum Gasteiger partial charge on any atom is 0.411 e. The summed E-state index contributed by atoms with van der Waals surface area (Å²) < 4.78 is 16.0. The van der Waals surface area contributed by atoms with Crippen LogP contribution in [-0.2, 0) is 4.74 Å². The van der Waals surface area contributed by atoms with E-state index in [1.807, 2.05) is 0 Å². The molecule has 2 aromatic carbocycles. The van der Waals surface area contributed by atoms with Crippen LogP contribution in [0.25, 0.3) is 0 Å². The van der Waals surface area contributed by atoms with Gasteiger partial charge in [0.15, 0.2) is 0 Å². The second-order valence-corrected chi connectivity index (χ2v) is 5.90. The van der Waals surface area contributed by atoms with E-state index in [2.05, 4.69) is 28.2 Å². The summed E-state index contributed by atoms with van der Waals surface area (Å²) in [7, 11) is 4.21. The number of carbonyl (C=O) groups excluding carboxylic acids is 2. The molecular weight excluding hydrogens is 394 g/mol. The van der Waals surface area contributed by atoms with Crippen LogP contribution in [0.5, 0.6) is 11.5 Å². The number of methoxy groups -OCH3 is 3. The van der Waals surface area contributed by atoms with E-state index in [0.29, 0.717) is 33.6 Å². The highest BCUT2D eigenvalue weighted by atomic mass is 35.5. The lowest BCUT2D eigenvalue weighted by Gasteiger charge is -2.19. The predicted octanol–water partition coefficient (Wildman–Crippen LogP) is 4.42. The highest BCUT2D eigenvalue weighted by molar-refractivity contribution is 7.82. The Morgan fingerprint density at radius 3 is 2.19 bits per heavy atom. The zero-order chi connectivity index (χ0) is 20.0. The van der Waals surface area contributed by atoms with Crippen molar-refractivity contribution in [2.75, 3.05) is 36.3 Å². The van der Waals surface area contributed by atoms with E-state index in [4.69, 9.17) is 21.1 Å². The fourth-order valence-corrected chi connectivity index (χ4v) is 2.52. The zero-order valence-electron chi connectivity index (χ0n) is 14.8. The van der Waals surface area contributed by atoms with Gasteiger partial charge in [0.2, 0.25) is 0 Å². The summed E-state index contributed by atoms with van der Waals surface area (Å²) in [5, 5.41) is 5.49. The van der Waals surface area contributed by atoms with Crippen molar-refractivity contribution >= 4 is 53.6 Å². The number of nitrogens with one attached hydrogen (secondary N) is 2. The molecule has 0 aliphatic carbocycles. The average Bonchev–Trinajstić information content (AvgIpc) is 2.68. The predicted molar refractivity (Wildman–Crippen MR) is 108 cm³/mol. The van der Waals surface area contributed by atoms with Crippen molar-refractivity contribution in [2.45, 2.75) is 0 Å². The molecule has 0 saturated carbocycles. The molecule has 8 nitrogen and oxygen atoms in total. The Hall–Kier alpha value is -2.78. The first-order chi connectivity index (χ1) is 12.9. The molecule has 0 aliphatic heterocycles. The number of nitrogens with zero attached hydrogens (tertiary/aromatic N) is 1. The number of amides is 3. The van der Waals surface area contributed by atoms with Crippen LogP contribution in [0.1, 0.15) is 0 Å². The molecular formula is C17H18ClN3O5S. The van der Waals surface area contributed by atoms with Gasteiger partial charge in [-0.2, -0.15) is 0 Å². The van der Waals surface area contributed by atoms with E-state index in [1.54, 1.807) is 30.3 Å². The Labute approximate surface area is 166 Å². The first-order valence-electron chi connectivity index (χ1n) is 7.56. The monoisotopic (exact) mass is 411 g/mol. The molecule has 3 amide bonds. The van der Waals surface area contributed by atoms with Gasteiger partial charge in [-0.05, 0) is 30.3 Å². The molecule has 144 valence electrons. The Balaban J connectivity index is 2.14. The molecule has 2 aromatic rings. The molecule has 0 bridgehead atoms. The number of hydrogen-bond acceptors (Lipinski definition) is 6. The minimum atomic E-state index is -0.591. The number of rotatable bonds is 5. The van der Waals surface area contributed by atoms with E-state index in [1.165, 1.54) is 27.4 Å². The van der Waals surface area contributed by atoms with Crippen molar-refractivity contribution < 1.29 is 23.8 Å². The number of benzene rings is 2. The highest BCUT2D eigenvalue weighted by Crippen LogP contribution is 2.36. The van der Waals surface area contributed by atoms with Crippen molar-refractivity contribution in [3.63, 3.8) is 0 Å². The van der Waals surface area contributed by atoms with Gasteiger partial charge in [0.1, 0.15) is 11.5 Å². The lowest BCUT2D eigenvalue weighted by molar-refractivity contribution is 0.187. The van der Waals surface area contributed by atoms with Crippen molar-refractivity contribution in [3.8, 4) is 11.5 Å². The first-order valence-corrected chi connectivity index (χ1v) is 8.34. The number of urea groups is 1. The zero-order valence-corrected chi connectivity index (χ0v) is 16.4. The summed E-state index contributed by atoms with van der Waals surface area (Å²) in [5.74, 6) is 0.798. The number of thiol groups is 1. The molecule has 2 rings (SSSR count). The minimum Gasteiger partial charge on any atom is -0.495 e. The summed E-state index contributed by atoms with van der Waals surface area (Å²) in [6, 6.07) is 8.97. The average molecular weight is 412 g/mol. The van der Waals surface area contributed by atoms with Crippen LogP contribution in [0.3, 0.4) is 0 Å². The van der Waals surface area contributed by atoms with Gasteiger partial charge >= 0.3 is 12.1 Å². The van der Waals surface area contributed by atoms with Gasteiger partial charge in [-0.15, -0.1) is 0 Å². The van der Waals surface area contributed by atoms with Crippen LogP contribution >= 0.6 is 24.4 Å². The highest BCUT2D eigenvalue weighted by Gasteiger charge is 2.17. The molecule has 0 atom stereocenters. The van der Waals surface area contributed by atoms with Crippen LogP contribution in [0.15, 0.2) is 36.4 Å². The number of hydrogen-bond donors (Lipinski definition) is 3. The number of halogens is 1. The number of ether oxygens (including phenoxy) is 3. The van der Waals surface area contributed by atoms with Gasteiger partial charge < -0.3 is 19.5 Å². The molecule has 0 aromatic heterocycles. The van der Waals surface area contributed by atoms with Gasteiger partial charge in [0.25, 0.3) is 0 Å². The molecule has 0 saturated heterocycles. The fraction of sp³-hybridized carbons (Fsp3) is 0.176. The second-order valence-electron chi connectivity index (χ2n) is 5.09. The van der Waals surface area contributed by atoms with Gasteiger partial charge in [-0.25, -0.2) is 13.9 Å². The van der Waals surface area contributed by atoms with E-state index in [-0.39, 0.29) is 0 Å². The second kappa shape index (κ2) is 9.24. The van der Waals surface area contributed by atoms with Crippen LogP contribution < -0.4 is 24.4 Å². The van der Waals surface area contributed by atoms with Crippen LogP contribution in [0.2, 0.25) is 5.02 Å². The third-order valence-electron chi connectivity index (χ3n) is 3.45. The third kappa shape index (κ3) is 5.11. The topological polar surface area (TPSA) is 89.1 Å². The van der Waals surface area contributed by atoms with Crippen molar-refractivity contribution in [2.24, 2.45) is 0 Å². The van der Waals surface area contributed by atoms with E-state index < -0.39 is 12.1 Å². The smallest absolute Gasteiger partial charge is 0.411 e. The largest absolute Gasteiger partial charge is 0.495 e. The van der Waals surface area contributed by atoms with E-state index in [9.17, 15) is 9.59 Å². The van der Waals surface area contributed by atoms with Gasteiger partial charge in [-0.3, -0.25) is 5.32 Å². The Morgan fingerprint density at radius 2 is 1.63 bits per heavy atom. The molecule has 0 heterocycles. The standard InChI is InChI=1S/C17H18ClN3O5S/c1-24-14-9-15(25-2)13(8-12(14)18)20-16(22)21(27)11-6-4-10(5-7-11)19-17(23)26-3/h4-9,27H,1-3H3,(H,19,23)(H,20,22). The minimum absolute atomic E-state index is 0.317. The molecule has 0 unspecified atom stereocenters. The third-order valence-corrected chi connectivity index (χ3v) is 4.16. The molecule has 10 heteroatoms. The van der Waals surface area contributed by atoms with E-state index in [0.717, 1.165) is 4.31 Å². The van der Waals surface area contributed by atoms with E-state index >= 15 is 0 Å². The summed E-state index contributed by atoms with van der Waals surface area (Å²) in [6.07, 6.45) is -0.591. The summed E-state index contributed by atoms with van der Waals surface area (Å²) >= 11 is 10.3. The van der Waals surface area contributed by atoms with Gasteiger partial charge in [0.05, 0.1) is 37.7 Å². The van der Waals surface area contributed by atoms with Crippen LogP contribution in [0, 0.1) is 0 Å². The Morgan fingerprint density at radius 1 is 1.00 bits per heavy atom. The summed E-state index contributed by atoms with van der Waals surface area (Å²) in [5.41, 5.74) is 1.34. The number of anilines is 3. The normalized spacial score (nSPS) is 9.96. The maximum atomic E-state index is 12.5. The first kappa shape index (κ1) is 20.5. The van der Waals surface area contributed by atoms with Crippen LogP contribution in [0.4, 0.5) is 26.7 Å². The molecule has 0 radical (unpaired) electrons. The van der Waals surface area contributed by atoms with Crippen molar-refractivity contribution in [1.82, 2.24) is 0 Å². The number of carbonyl (C=O) groups is 2. The Bertz CT molecular complexity index is 832. The lowest BCUT2D eigenvalue weighted by Crippen LogP contribution is -2.27. The van der Waals surface area contributed by atoms with Gasteiger partial charge in [-0.1, -0.05) is 24.4 Å². The van der Waals surface area contributed by atoms with Crippen molar-refractivity contribution in [3.05, 3.63) is 41.4 Å².